The van der Waals surface area contributed by atoms with E-state index in [-0.39, 0.29) is 18.1 Å². The van der Waals surface area contributed by atoms with Crippen molar-refractivity contribution in [1.82, 2.24) is 9.99 Å². The highest BCUT2D eigenvalue weighted by molar-refractivity contribution is 5.92. The van der Waals surface area contributed by atoms with E-state index < -0.39 is 5.91 Å². The predicted octanol–water partition coefficient (Wildman–Crippen LogP) is 4.80. The van der Waals surface area contributed by atoms with Crippen LogP contribution in [0.25, 0.3) is 5.69 Å². The molecule has 0 saturated carbocycles. The summed E-state index contributed by atoms with van der Waals surface area (Å²) >= 11 is 0. The number of hydrogen-bond donors (Lipinski definition) is 2. The number of anilines is 1. The highest BCUT2D eigenvalue weighted by atomic mass is 16.5. The standard InChI is InChI=1S/C27H28N4O4/c1-18-5-6-19(2)31(18)21-9-11-23(12-10-21)34-17-24-13-14-26(35-24)27(33)29-28-16-20-7-8-22(30(3)4)15-25(20)32/h5-16,32H,17H2,1-4H3,(H,29,33)/b28-16+. The zero-order valence-electron chi connectivity index (χ0n) is 20.1. The van der Waals surface area contributed by atoms with Crippen LogP contribution in [0.2, 0.25) is 0 Å². The minimum Gasteiger partial charge on any atom is -0.507 e. The van der Waals surface area contributed by atoms with Crippen LogP contribution in [-0.2, 0) is 6.61 Å². The lowest BCUT2D eigenvalue weighted by molar-refractivity contribution is 0.0923. The van der Waals surface area contributed by atoms with E-state index in [0.29, 0.717) is 17.1 Å². The number of nitrogens with zero attached hydrogens (tertiary/aromatic N) is 3. The van der Waals surface area contributed by atoms with Gasteiger partial charge in [0, 0.05) is 48.5 Å². The molecule has 4 aromatic rings. The lowest BCUT2D eigenvalue weighted by Gasteiger charge is -2.12. The van der Waals surface area contributed by atoms with Crippen LogP contribution in [0.5, 0.6) is 11.5 Å². The normalized spacial score (nSPS) is 11.1. The van der Waals surface area contributed by atoms with E-state index in [1.54, 1.807) is 24.3 Å². The summed E-state index contributed by atoms with van der Waals surface area (Å²) in [6.45, 7) is 4.32. The maximum Gasteiger partial charge on any atom is 0.307 e. The van der Waals surface area contributed by atoms with Crippen LogP contribution < -0.4 is 15.1 Å². The maximum atomic E-state index is 12.3. The topological polar surface area (TPSA) is 92.2 Å². The maximum absolute atomic E-state index is 12.3. The van der Waals surface area contributed by atoms with Gasteiger partial charge in [0.15, 0.2) is 5.76 Å². The van der Waals surface area contributed by atoms with Crippen molar-refractivity contribution >= 4 is 17.8 Å². The highest BCUT2D eigenvalue weighted by Crippen LogP contribution is 2.23. The molecule has 0 aliphatic carbocycles. The zero-order chi connectivity index (χ0) is 24.9. The number of hydrogen-bond acceptors (Lipinski definition) is 6. The van der Waals surface area contributed by atoms with E-state index in [9.17, 15) is 9.90 Å². The zero-order valence-corrected chi connectivity index (χ0v) is 20.1. The van der Waals surface area contributed by atoms with Crippen LogP contribution in [0.1, 0.15) is 33.3 Å². The molecule has 8 heteroatoms. The van der Waals surface area contributed by atoms with Gasteiger partial charge in [-0.2, -0.15) is 5.10 Å². The van der Waals surface area contributed by atoms with E-state index in [0.717, 1.165) is 11.4 Å². The molecule has 0 bridgehead atoms. The molecular formula is C27H28N4O4. The van der Waals surface area contributed by atoms with E-state index in [1.165, 1.54) is 17.6 Å². The van der Waals surface area contributed by atoms with Crippen LogP contribution in [0.15, 0.2) is 76.2 Å². The highest BCUT2D eigenvalue weighted by Gasteiger charge is 2.11. The Hall–Kier alpha value is -4.46. The number of benzene rings is 2. The van der Waals surface area contributed by atoms with Gasteiger partial charge in [0.25, 0.3) is 0 Å². The molecule has 0 spiro atoms. The summed E-state index contributed by atoms with van der Waals surface area (Å²) in [5.74, 6) is 0.888. The Bertz CT molecular complexity index is 1330. The summed E-state index contributed by atoms with van der Waals surface area (Å²) in [6, 6.07) is 20.4. The van der Waals surface area contributed by atoms with Gasteiger partial charge in [-0.15, -0.1) is 0 Å². The number of aromatic hydroxyl groups is 1. The van der Waals surface area contributed by atoms with Crippen molar-refractivity contribution in [3.05, 3.63) is 95.2 Å². The van der Waals surface area contributed by atoms with Crippen LogP contribution in [0.4, 0.5) is 5.69 Å². The van der Waals surface area contributed by atoms with Gasteiger partial charge >= 0.3 is 5.91 Å². The van der Waals surface area contributed by atoms with Gasteiger partial charge < -0.3 is 23.7 Å². The summed E-state index contributed by atoms with van der Waals surface area (Å²) in [6.07, 6.45) is 1.38. The smallest absolute Gasteiger partial charge is 0.307 e. The summed E-state index contributed by atoms with van der Waals surface area (Å²) in [5.41, 5.74) is 7.14. The molecule has 0 saturated heterocycles. The van der Waals surface area contributed by atoms with Crippen molar-refractivity contribution < 1.29 is 19.1 Å². The van der Waals surface area contributed by atoms with Gasteiger partial charge in [-0.3, -0.25) is 4.79 Å². The fourth-order valence-electron chi connectivity index (χ4n) is 3.63. The molecule has 2 heterocycles. The number of amides is 1. The minimum absolute atomic E-state index is 0.0679. The Balaban J connectivity index is 1.31. The summed E-state index contributed by atoms with van der Waals surface area (Å²) in [7, 11) is 3.77. The Morgan fingerprint density at radius 2 is 1.77 bits per heavy atom. The SMILES string of the molecule is Cc1ccc(C)n1-c1ccc(OCc2ccc(C(=O)N/N=C/c3ccc(N(C)C)cc3O)o2)cc1. The van der Waals surface area contributed by atoms with Crippen molar-refractivity contribution in [3.63, 3.8) is 0 Å². The molecule has 1 amide bonds. The first-order valence-corrected chi connectivity index (χ1v) is 11.1. The Morgan fingerprint density at radius 1 is 1.06 bits per heavy atom. The van der Waals surface area contributed by atoms with E-state index >= 15 is 0 Å². The number of phenols is 1. The van der Waals surface area contributed by atoms with Crippen LogP contribution in [0.3, 0.4) is 0 Å². The molecule has 2 N–H and O–H groups in total. The second kappa shape index (κ2) is 10.2. The first-order chi connectivity index (χ1) is 16.8. The molecule has 0 radical (unpaired) electrons. The third-order valence-electron chi connectivity index (χ3n) is 5.53. The second-order valence-electron chi connectivity index (χ2n) is 8.34. The molecule has 0 aliphatic heterocycles. The first-order valence-electron chi connectivity index (χ1n) is 11.1. The second-order valence-corrected chi connectivity index (χ2v) is 8.34. The van der Waals surface area contributed by atoms with Crippen LogP contribution >= 0.6 is 0 Å². The lowest BCUT2D eigenvalue weighted by atomic mass is 10.2. The van der Waals surface area contributed by atoms with Crippen LogP contribution in [-0.4, -0.2) is 35.9 Å². The fourth-order valence-corrected chi connectivity index (χ4v) is 3.63. The van der Waals surface area contributed by atoms with Crippen molar-refractivity contribution in [3.8, 4) is 17.2 Å². The molecule has 35 heavy (non-hydrogen) atoms. The number of furan rings is 1. The van der Waals surface area contributed by atoms with Crippen LogP contribution in [0, 0.1) is 13.8 Å². The molecule has 0 aliphatic rings. The van der Waals surface area contributed by atoms with Crippen molar-refractivity contribution in [2.24, 2.45) is 5.10 Å². The molecule has 0 atom stereocenters. The predicted molar refractivity (Wildman–Crippen MR) is 136 cm³/mol. The summed E-state index contributed by atoms with van der Waals surface area (Å²) < 4.78 is 13.6. The Morgan fingerprint density at radius 3 is 2.43 bits per heavy atom. The molecular weight excluding hydrogens is 444 g/mol. The molecule has 2 aromatic heterocycles. The Kier molecular flexibility index (Phi) is 6.91. The molecule has 8 nitrogen and oxygen atoms in total. The number of carbonyl (C=O) groups is 1. The third kappa shape index (κ3) is 5.55. The number of nitrogens with one attached hydrogen (secondary N) is 1. The lowest BCUT2D eigenvalue weighted by Crippen LogP contribution is -2.16. The molecule has 2 aromatic carbocycles. The van der Waals surface area contributed by atoms with Gasteiger partial charge in [0.05, 0.1) is 6.21 Å². The number of aryl methyl sites for hydroxylation is 2. The quantitative estimate of drug-likeness (QED) is 0.284. The monoisotopic (exact) mass is 472 g/mol. The van der Waals surface area contributed by atoms with E-state index in [1.807, 2.05) is 49.3 Å². The van der Waals surface area contributed by atoms with E-state index in [2.05, 4.69) is 41.1 Å². The van der Waals surface area contributed by atoms with Crippen molar-refractivity contribution in [1.29, 1.82) is 0 Å². The first kappa shape index (κ1) is 23.7. The number of ether oxygens (including phenoxy) is 1. The Labute approximate surface area is 204 Å². The number of aromatic nitrogens is 1. The summed E-state index contributed by atoms with van der Waals surface area (Å²) in [4.78, 5) is 14.2. The molecule has 0 fully saturated rings. The van der Waals surface area contributed by atoms with Gasteiger partial charge in [-0.1, -0.05) is 0 Å². The molecule has 0 unspecified atom stereocenters. The molecule has 4 rings (SSSR count). The largest absolute Gasteiger partial charge is 0.507 e. The van der Waals surface area contributed by atoms with Gasteiger partial charge in [0.2, 0.25) is 0 Å². The average Bonchev–Trinajstić information content (AvgIpc) is 3.45. The van der Waals surface area contributed by atoms with Crippen molar-refractivity contribution in [2.75, 3.05) is 19.0 Å². The van der Waals surface area contributed by atoms with Gasteiger partial charge in [-0.05, 0) is 74.5 Å². The number of phenolic OH excluding ortho intramolecular Hbond substituents is 1. The fraction of sp³-hybridized carbons (Fsp3) is 0.185. The third-order valence-corrected chi connectivity index (χ3v) is 5.53. The van der Waals surface area contributed by atoms with Crippen molar-refractivity contribution in [2.45, 2.75) is 20.5 Å². The summed E-state index contributed by atoms with van der Waals surface area (Å²) in [5, 5.41) is 14.0. The number of carbonyl (C=O) groups excluding carboxylic acids is 1. The minimum atomic E-state index is -0.501. The number of hydrazone groups is 1. The van der Waals surface area contributed by atoms with E-state index in [4.69, 9.17) is 9.15 Å². The average molecular weight is 473 g/mol. The molecule has 180 valence electrons. The number of rotatable bonds is 8. The van der Waals surface area contributed by atoms with Gasteiger partial charge in [-0.25, -0.2) is 5.43 Å². The van der Waals surface area contributed by atoms with Gasteiger partial charge in [0.1, 0.15) is 23.9 Å².